The number of fused-ring (bicyclic) bond motifs is 9. The summed E-state index contributed by atoms with van der Waals surface area (Å²) in [6, 6.07) is 75.7. The molecule has 0 unspecified atom stereocenters. The van der Waals surface area contributed by atoms with Crippen LogP contribution in [0.25, 0.3) is 109 Å². The zero-order valence-corrected chi connectivity index (χ0v) is 31.7. The van der Waals surface area contributed by atoms with Crippen LogP contribution in [0.3, 0.4) is 0 Å². The quantitative estimate of drug-likeness (QED) is 0.166. The monoisotopic (exact) mass is 742 g/mol. The van der Waals surface area contributed by atoms with E-state index in [1.54, 1.807) is 0 Å². The van der Waals surface area contributed by atoms with Crippen LogP contribution in [0.2, 0.25) is 0 Å². The molecule has 3 heterocycles. The molecule has 2 nitrogen and oxygen atoms in total. The largest absolute Gasteiger partial charge is 0.309 e. The molecule has 0 radical (unpaired) electrons. The lowest BCUT2D eigenvalue weighted by Gasteiger charge is -2.11. The predicted molar refractivity (Wildman–Crippen MR) is 244 cm³/mol. The van der Waals surface area contributed by atoms with Gasteiger partial charge in [0.15, 0.2) is 0 Å². The van der Waals surface area contributed by atoms with Crippen molar-refractivity contribution in [2.45, 2.75) is 0 Å². The Labute approximate surface area is 333 Å². The van der Waals surface area contributed by atoms with E-state index in [4.69, 9.17) is 0 Å². The van der Waals surface area contributed by atoms with Crippen LogP contribution < -0.4 is 0 Å². The van der Waals surface area contributed by atoms with E-state index in [0.29, 0.717) is 0 Å². The fourth-order valence-electron chi connectivity index (χ4n) is 9.00. The lowest BCUT2D eigenvalue weighted by molar-refractivity contribution is 1.18. The first-order valence-electron chi connectivity index (χ1n) is 19.5. The van der Waals surface area contributed by atoms with Crippen LogP contribution in [0.4, 0.5) is 0 Å². The van der Waals surface area contributed by atoms with Crippen molar-refractivity contribution < 1.29 is 0 Å². The normalized spacial score (nSPS) is 11.9. The van der Waals surface area contributed by atoms with Crippen LogP contribution >= 0.6 is 11.3 Å². The fourth-order valence-corrected chi connectivity index (χ4v) is 10.1. The van der Waals surface area contributed by atoms with Crippen molar-refractivity contribution in [2.75, 3.05) is 0 Å². The SMILES string of the molecule is c1ccc(-c2ccc(-n3c4ccccc4c4cc(-c5ccc6c7ccccc7n(-c7ccc(-c8ccc9sc%10ccccc%10c9c8)cc7)c6c5)ccc43)cc2)cc1. The highest BCUT2D eigenvalue weighted by molar-refractivity contribution is 7.25. The minimum absolute atomic E-state index is 1.15. The van der Waals surface area contributed by atoms with Crippen LogP contribution in [-0.4, -0.2) is 9.13 Å². The molecule has 0 aliphatic carbocycles. The summed E-state index contributed by atoms with van der Waals surface area (Å²) in [6.07, 6.45) is 0. The molecule has 12 rings (SSSR count). The second-order valence-electron chi connectivity index (χ2n) is 14.9. The van der Waals surface area contributed by atoms with Gasteiger partial charge in [-0.05, 0) is 106 Å². The molecule has 3 aromatic heterocycles. The summed E-state index contributed by atoms with van der Waals surface area (Å²) >= 11 is 1.86. The van der Waals surface area contributed by atoms with Crippen molar-refractivity contribution in [1.29, 1.82) is 0 Å². The standard InChI is InChI=1S/C54H34N2S/c1-2-10-35(11-3-1)36-18-25-41(26-19-36)55-50-16-8-5-13-44(50)47-32-39(23-30-51(47)55)40-22-29-45-43-12-4-7-15-49(43)56(52(45)34-40)42-27-20-37(21-28-42)38-24-31-54-48(33-38)46-14-6-9-17-53(46)57-54/h1-34H. The third-order valence-electron chi connectivity index (χ3n) is 11.7. The van der Waals surface area contributed by atoms with Crippen LogP contribution in [0, 0.1) is 0 Å². The number of nitrogens with zero attached hydrogens (tertiary/aromatic N) is 2. The molecular formula is C54H34N2S. The van der Waals surface area contributed by atoms with Crippen LogP contribution in [0.5, 0.6) is 0 Å². The summed E-state index contributed by atoms with van der Waals surface area (Å²) in [7, 11) is 0. The maximum absolute atomic E-state index is 2.43. The van der Waals surface area contributed by atoms with Gasteiger partial charge in [0, 0.05) is 53.1 Å². The first-order valence-corrected chi connectivity index (χ1v) is 20.3. The Morgan fingerprint density at radius 1 is 0.246 bits per heavy atom. The summed E-state index contributed by atoms with van der Waals surface area (Å²) in [5, 5.41) is 7.67. The molecule has 0 N–H and O–H groups in total. The van der Waals surface area contributed by atoms with Gasteiger partial charge in [-0.1, -0.05) is 133 Å². The van der Waals surface area contributed by atoms with Crippen LogP contribution in [0.1, 0.15) is 0 Å². The number of benzene rings is 9. The molecule has 0 saturated heterocycles. The van der Waals surface area contributed by atoms with Gasteiger partial charge >= 0.3 is 0 Å². The minimum atomic E-state index is 1.15. The van der Waals surface area contributed by atoms with Crippen molar-refractivity contribution in [3.63, 3.8) is 0 Å². The Balaban J connectivity index is 0.959. The van der Waals surface area contributed by atoms with Gasteiger partial charge in [-0.2, -0.15) is 0 Å². The highest BCUT2D eigenvalue weighted by Gasteiger charge is 2.17. The zero-order valence-electron chi connectivity index (χ0n) is 30.9. The Kier molecular flexibility index (Phi) is 7.13. The van der Waals surface area contributed by atoms with Crippen LogP contribution in [-0.2, 0) is 0 Å². The molecule has 0 aliphatic rings. The molecule has 0 saturated carbocycles. The molecule has 3 heteroatoms. The second-order valence-corrected chi connectivity index (χ2v) is 16.0. The van der Waals surface area contributed by atoms with Crippen molar-refractivity contribution in [1.82, 2.24) is 9.13 Å². The van der Waals surface area contributed by atoms with Crippen LogP contribution in [0.15, 0.2) is 206 Å². The Morgan fingerprint density at radius 2 is 0.684 bits per heavy atom. The Morgan fingerprint density at radius 3 is 1.42 bits per heavy atom. The number of hydrogen-bond acceptors (Lipinski definition) is 1. The highest BCUT2D eigenvalue weighted by atomic mass is 32.1. The van der Waals surface area contributed by atoms with Gasteiger partial charge in [0.1, 0.15) is 0 Å². The first kappa shape index (κ1) is 32.1. The number of hydrogen-bond donors (Lipinski definition) is 0. The summed E-state index contributed by atoms with van der Waals surface area (Å²) < 4.78 is 7.49. The number of thiophene rings is 1. The van der Waals surface area contributed by atoms with Gasteiger partial charge in [0.05, 0.1) is 22.1 Å². The summed E-state index contributed by atoms with van der Waals surface area (Å²) in [5.41, 5.74) is 14.4. The number of rotatable bonds is 5. The highest BCUT2D eigenvalue weighted by Crippen LogP contribution is 2.40. The number of aromatic nitrogens is 2. The molecule has 0 spiro atoms. The van der Waals surface area contributed by atoms with E-state index in [9.17, 15) is 0 Å². The molecule has 0 amide bonds. The Hall–Kier alpha value is -7.20. The molecule has 12 aromatic rings. The average molecular weight is 743 g/mol. The van der Waals surface area contributed by atoms with Gasteiger partial charge in [0.2, 0.25) is 0 Å². The number of para-hydroxylation sites is 2. The van der Waals surface area contributed by atoms with Gasteiger partial charge in [0.25, 0.3) is 0 Å². The predicted octanol–water partition coefficient (Wildman–Crippen LogP) is 15.2. The molecule has 57 heavy (non-hydrogen) atoms. The van der Waals surface area contributed by atoms with E-state index in [1.165, 1.54) is 97.2 Å². The van der Waals surface area contributed by atoms with Gasteiger partial charge in [-0.25, -0.2) is 0 Å². The molecule has 0 fully saturated rings. The third kappa shape index (κ3) is 5.10. The summed E-state index contributed by atoms with van der Waals surface area (Å²) in [5.74, 6) is 0. The smallest absolute Gasteiger partial charge is 0.0547 e. The van der Waals surface area contributed by atoms with E-state index in [1.807, 2.05) is 11.3 Å². The lowest BCUT2D eigenvalue weighted by Crippen LogP contribution is -1.94. The molecule has 9 aromatic carbocycles. The van der Waals surface area contributed by atoms with Gasteiger partial charge in [-0.15, -0.1) is 11.3 Å². The summed E-state index contributed by atoms with van der Waals surface area (Å²) in [4.78, 5) is 0. The molecule has 0 atom stereocenters. The minimum Gasteiger partial charge on any atom is -0.309 e. The van der Waals surface area contributed by atoms with Crippen molar-refractivity contribution in [3.05, 3.63) is 206 Å². The fraction of sp³-hybridized carbons (Fsp3) is 0. The first-order chi connectivity index (χ1) is 28.2. The van der Waals surface area contributed by atoms with E-state index in [-0.39, 0.29) is 0 Å². The van der Waals surface area contributed by atoms with E-state index >= 15 is 0 Å². The van der Waals surface area contributed by atoms with Crippen molar-refractivity contribution in [2.24, 2.45) is 0 Å². The lowest BCUT2D eigenvalue weighted by atomic mass is 10.0. The van der Waals surface area contributed by atoms with E-state index in [0.717, 1.165) is 11.4 Å². The molecular weight excluding hydrogens is 709 g/mol. The second kappa shape index (κ2) is 12.7. The molecule has 266 valence electrons. The van der Waals surface area contributed by atoms with E-state index < -0.39 is 0 Å². The van der Waals surface area contributed by atoms with Crippen molar-refractivity contribution >= 4 is 75.1 Å². The van der Waals surface area contributed by atoms with E-state index in [2.05, 4.69) is 215 Å². The van der Waals surface area contributed by atoms with Gasteiger partial charge < -0.3 is 9.13 Å². The zero-order chi connectivity index (χ0) is 37.5. The summed E-state index contributed by atoms with van der Waals surface area (Å²) in [6.45, 7) is 0. The molecule has 0 bridgehead atoms. The molecule has 0 aliphatic heterocycles. The third-order valence-corrected chi connectivity index (χ3v) is 12.9. The van der Waals surface area contributed by atoms with Crippen molar-refractivity contribution in [3.8, 4) is 44.8 Å². The maximum atomic E-state index is 2.43. The Bertz CT molecular complexity index is 3490. The topological polar surface area (TPSA) is 9.86 Å². The van der Waals surface area contributed by atoms with Gasteiger partial charge in [-0.3, -0.25) is 0 Å². The average Bonchev–Trinajstić information content (AvgIpc) is 3.94. The maximum Gasteiger partial charge on any atom is 0.0547 e.